The number of carbonyl (C=O) groups excluding carboxylic acids is 2. The topological polar surface area (TPSA) is 52.6 Å². The number of carbonyl (C=O) groups is 2. The van der Waals surface area contributed by atoms with Crippen molar-refractivity contribution in [3.8, 4) is 5.75 Å². The number of esters is 1. The second-order valence-corrected chi connectivity index (χ2v) is 7.17. The third kappa shape index (κ3) is 3.49. The average Bonchev–Trinajstić information content (AvgIpc) is 2.33. The molecule has 22 heavy (non-hydrogen) atoms. The van der Waals surface area contributed by atoms with Gasteiger partial charge in [0.15, 0.2) is 0 Å². The van der Waals surface area contributed by atoms with Crippen molar-refractivity contribution in [2.75, 3.05) is 0 Å². The van der Waals surface area contributed by atoms with Crippen LogP contribution in [0.1, 0.15) is 53.0 Å². The van der Waals surface area contributed by atoms with Gasteiger partial charge in [-0.15, -0.1) is 0 Å². The fraction of sp³-hybridized carbons (Fsp3) is 0.556. The van der Waals surface area contributed by atoms with Crippen molar-refractivity contribution in [1.82, 2.24) is 0 Å². The van der Waals surface area contributed by atoms with Crippen LogP contribution in [0, 0.1) is 0 Å². The Labute approximate surface area is 131 Å². The van der Waals surface area contributed by atoms with Crippen molar-refractivity contribution >= 4 is 11.8 Å². The lowest BCUT2D eigenvalue weighted by Crippen LogP contribution is -2.51. The molecule has 2 rings (SSSR count). The number of hydrogen-bond acceptors (Lipinski definition) is 4. The summed E-state index contributed by atoms with van der Waals surface area (Å²) in [6, 6.07) is 7.39. The zero-order valence-corrected chi connectivity index (χ0v) is 13.9. The van der Waals surface area contributed by atoms with Crippen LogP contribution >= 0.6 is 0 Å². The van der Waals surface area contributed by atoms with E-state index in [2.05, 4.69) is 0 Å². The number of ether oxygens (including phenoxy) is 2. The van der Waals surface area contributed by atoms with E-state index in [1.54, 1.807) is 0 Å². The van der Waals surface area contributed by atoms with Crippen molar-refractivity contribution in [2.24, 2.45) is 0 Å². The van der Waals surface area contributed by atoms with Gasteiger partial charge in [0, 0.05) is 12.8 Å². The number of benzene rings is 1. The Morgan fingerprint density at radius 3 is 2.09 bits per heavy atom. The van der Waals surface area contributed by atoms with Crippen LogP contribution in [0.4, 0.5) is 0 Å². The summed E-state index contributed by atoms with van der Waals surface area (Å²) < 4.78 is 11.1. The maximum absolute atomic E-state index is 12.6. The van der Waals surface area contributed by atoms with E-state index in [1.165, 1.54) is 0 Å². The largest absolute Gasteiger partial charge is 0.491 e. The highest BCUT2D eigenvalue weighted by molar-refractivity contribution is 6.02. The van der Waals surface area contributed by atoms with Crippen LogP contribution in [0.5, 0.6) is 5.75 Å². The van der Waals surface area contributed by atoms with Crippen LogP contribution in [0.25, 0.3) is 0 Å². The lowest BCUT2D eigenvalue weighted by Gasteiger charge is -2.40. The lowest BCUT2D eigenvalue weighted by molar-refractivity contribution is -0.169. The summed E-state index contributed by atoms with van der Waals surface area (Å²) in [7, 11) is 0. The van der Waals surface area contributed by atoms with Gasteiger partial charge in [0.1, 0.15) is 22.5 Å². The molecule has 0 aromatic heterocycles. The first-order valence-corrected chi connectivity index (χ1v) is 7.65. The molecule has 1 saturated carbocycles. The maximum atomic E-state index is 12.6. The highest BCUT2D eigenvalue weighted by Gasteiger charge is 2.53. The summed E-state index contributed by atoms with van der Waals surface area (Å²) >= 11 is 0. The molecular formula is C18H24O4. The molecule has 0 N–H and O–H groups in total. The monoisotopic (exact) mass is 304 g/mol. The standard InChI is InChI=1S/C18H24O4/c1-12(2)21-15-8-6-13(7-9-15)18(10-14(19)11-18)16(20)22-17(3,4)5/h6-9,12H,10-11H2,1-5H3. The smallest absolute Gasteiger partial charge is 0.317 e. The molecule has 0 spiro atoms. The first-order chi connectivity index (χ1) is 10.1. The first kappa shape index (κ1) is 16.5. The minimum Gasteiger partial charge on any atom is -0.491 e. The van der Waals surface area contributed by atoms with E-state index in [4.69, 9.17) is 9.47 Å². The van der Waals surface area contributed by atoms with Gasteiger partial charge in [0.25, 0.3) is 0 Å². The van der Waals surface area contributed by atoms with Crippen LogP contribution in [-0.2, 0) is 19.7 Å². The van der Waals surface area contributed by atoms with Gasteiger partial charge in [0.2, 0.25) is 0 Å². The molecule has 0 unspecified atom stereocenters. The van der Waals surface area contributed by atoms with E-state index in [0.717, 1.165) is 11.3 Å². The predicted molar refractivity (Wildman–Crippen MR) is 84.0 cm³/mol. The van der Waals surface area contributed by atoms with E-state index >= 15 is 0 Å². The molecule has 1 fully saturated rings. The highest BCUT2D eigenvalue weighted by Crippen LogP contribution is 2.43. The van der Waals surface area contributed by atoms with Crippen molar-refractivity contribution in [2.45, 2.75) is 64.6 Å². The van der Waals surface area contributed by atoms with Crippen molar-refractivity contribution in [3.05, 3.63) is 29.8 Å². The van der Waals surface area contributed by atoms with E-state index in [9.17, 15) is 9.59 Å². The number of Topliss-reactive ketones (excluding diaryl/α,β-unsaturated/α-hetero) is 1. The molecule has 1 aliphatic carbocycles. The van der Waals surface area contributed by atoms with Crippen LogP contribution < -0.4 is 4.74 Å². The van der Waals surface area contributed by atoms with E-state index in [-0.39, 0.29) is 30.7 Å². The Hall–Kier alpha value is -1.84. The van der Waals surface area contributed by atoms with E-state index in [0.29, 0.717) is 0 Å². The van der Waals surface area contributed by atoms with Crippen LogP contribution in [-0.4, -0.2) is 23.5 Å². The number of hydrogen-bond donors (Lipinski definition) is 0. The maximum Gasteiger partial charge on any atom is 0.317 e. The molecule has 0 bridgehead atoms. The van der Waals surface area contributed by atoms with Crippen LogP contribution in [0.3, 0.4) is 0 Å². The van der Waals surface area contributed by atoms with Crippen molar-refractivity contribution < 1.29 is 19.1 Å². The molecule has 0 radical (unpaired) electrons. The average molecular weight is 304 g/mol. The molecule has 1 aliphatic rings. The molecule has 0 atom stereocenters. The summed E-state index contributed by atoms with van der Waals surface area (Å²) in [5, 5.41) is 0. The molecule has 4 nitrogen and oxygen atoms in total. The normalized spacial score (nSPS) is 17.1. The van der Waals surface area contributed by atoms with Gasteiger partial charge in [-0.3, -0.25) is 9.59 Å². The molecule has 0 saturated heterocycles. The Bertz CT molecular complexity index is 556. The number of rotatable bonds is 4. The van der Waals surface area contributed by atoms with Gasteiger partial charge < -0.3 is 9.47 Å². The molecule has 4 heteroatoms. The summed E-state index contributed by atoms with van der Waals surface area (Å²) in [5.74, 6) is 0.522. The summed E-state index contributed by atoms with van der Waals surface area (Å²) in [6.07, 6.45) is 0.523. The Balaban J connectivity index is 2.24. The van der Waals surface area contributed by atoms with Crippen LogP contribution in [0.15, 0.2) is 24.3 Å². The third-order valence-electron chi connectivity index (χ3n) is 3.57. The Morgan fingerprint density at radius 2 is 1.68 bits per heavy atom. The van der Waals surface area contributed by atoms with Gasteiger partial charge in [-0.1, -0.05) is 12.1 Å². The molecule has 0 amide bonds. The first-order valence-electron chi connectivity index (χ1n) is 7.65. The predicted octanol–water partition coefficient (Wildman–Crippen LogP) is 3.42. The summed E-state index contributed by atoms with van der Waals surface area (Å²) in [5.41, 5.74) is -0.582. The SMILES string of the molecule is CC(C)Oc1ccc(C2(C(=O)OC(C)(C)C)CC(=O)C2)cc1. The van der Waals surface area contributed by atoms with E-state index in [1.807, 2.05) is 58.9 Å². The van der Waals surface area contributed by atoms with Crippen molar-refractivity contribution in [3.63, 3.8) is 0 Å². The molecule has 0 heterocycles. The molecular weight excluding hydrogens is 280 g/mol. The van der Waals surface area contributed by atoms with Gasteiger partial charge >= 0.3 is 5.97 Å². The van der Waals surface area contributed by atoms with Gasteiger partial charge in [-0.2, -0.15) is 0 Å². The van der Waals surface area contributed by atoms with Gasteiger partial charge in [-0.25, -0.2) is 0 Å². The van der Waals surface area contributed by atoms with E-state index < -0.39 is 11.0 Å². The zero-order valence-electron chi connectivity index (χ0n) is 13.9. The van der Waals surface area contributed by atoms with Crippen LogP contribution in [0.2, 0.25) is 0 Å². The second-order valence-electron chi connectivity index (χ2n) is 7.17. The molecule has 1 aromatic rings. The minimum absolute atomic E-state index is 0.0911. The van der Waals surface area contributed by atoms with Gasteiger partial charge in [-0.05, 0) is 52.3 Å². The minimum atomic E-state index is -0.833. The lowest BCUT2D eigenvalue weighted by atomic mass is 9.63. The Kier molecular flexibility index (Phi) is 4.32. The fourth-order valence-electron chi connectivity index (χ4n) is 2.59. The summed E-state index contributed by atoms with van der Waals surface area (Å²) in [4.78, 5) is 24.1. The van der Waals surface area contributed by atoms with Crippen molar-refractivity contribution in [1.29, 1.82) is 0 Å². The second kappa shape index (κ2) is 5.75. The fourth-order valence-corrected chi connectivity index (χ4v) is 2.59. The molecule has 0 aliphatic heterocycles. The molecule has 1 aromatic carbocycles. The summed E-state index contributed by atoms with van der Waals surface area (Å²) in [6.45, 7) is 9.41. The quantitative estimate of drug-likeness (QED) is 0.800. The Morgan fingerprint density at radius 1 is 1.14 bits per heavy atom. The molecule has 120 valence electrons. The van der Waals surface area contributed by atoms with Gasteiger partial charge in [0.05, 0.1) is 6.10 Å². The number of ketones is 1. The third-order valence-corrected chi connectivity index (χ3v) is 3.57. The highest BCUT2D eigenvalue weighted by atomic mass is 16.6. The zero-order chi connectivity index (χ0) is 16.5.